The molecule has 0 saturated carbocycles. The van der Waals surface area contributed by atoms with Crippen LogP contribution in [0.15, 0.2) is 6.07 Å². The van der Waals surface area contributed by atoms with Gasteiger partial charge in [0.25, 0.3) is 0 Å². The number of anilines is 2. The Morgan fingerprint density at radius 1 is 1.56 bits per heavy atom. The summed E-state index contributed by atoms with van der Waals surface area (Å²) >= 11 is 5.97. The van der Waals surface area contributed by atoms with Crippen LogP contribution in [0.5, 0.6) is 5.75 Å². The molecule has 1 saturated heterocycles. The number of nitrogens with two attached hydrogens (primary N) is 1. The largest absolute Gasteiger partial charge is 0.487 e. The number of hydrogen-bond donors (Lipinski definition) is 1. The van der Waals surface area contributed by atoms with Crippen LogP contribution in [0.3, 0.4) is 0 Å². The van der Waals surface area contributed by atoms with E-state index in [0.29, 0.717) is 23.5 Å². The molecule has 2 aliphatic rings. The van der Waals surface area contributed by atoms with Crippen LogP contribution in [0.25, 0.3) is 0 Å². The van der Waals surface area contributed by atoms with Crippen molar-refractivity contribution < 1.29 is 4.74 Å². The van der Waals surface area contributed by atoms with Gasteiger partial charge in [0, 0.05) is 25.7 Å². The van der Waals surface area contributed by atoms with Crippen molar-refractivity contribution in [3.05, 3.63) is 11.1 Å². The summed E-state index contributed by atoms with van der Waals surface area (Å²) in [6.45, 7) is 6.97. The van der Waals surface area contributed by atoms with Crippen LogP contribution >= 0.6 is 11.6 Å². The quantitative estimate of drug-likeness (QED) is 0.830. The lowest BCUT2D eigenvalue weighted by Gasteiger charge is -2.44. The third-order valence-corrected chi connectivity index (χ3v) is 3.97. The van der Waals surface area contributed by atoms with Gasteiger partial charge in [-0.3, -0.25) is 4.90 Å². The minimum absolute atomic E-state index is 0.360. The molecular formula is C12H17ClN4O. The third-order valence-electron chi connectivity index (χ3n) is 3.67. The van der Waals surface area contributed by atoms with Crippen molar-refractivity contribution in [2.45, 2.75) is 13.0 Å². The molecule has 1 atom stereocenters. The van der Waals surface area contributed by atoms with Gasteiger partial charge in [-0.25, -0.2) is 4.98 Å². The average molecular weight is 269 g/mol. The van der Waals surface area contributed by atoms with E-state index in [-0.39, 0.29) is 0 Å². The summed E-state index contributed by atoms with van der Waals surface area (Å²) in [5.74, 6) is 1.96. The highest BCUT2D eigenvalue weighted by atomic mass is 35.5. The predicted molar refractivity (Wildman–Crippen MR) is 72.4 cm³/mol. The molecule has 3 rings (SSSR count). The lowest BCUT2D eigenvalue weighted by molar-refractivity contribution is 0.171. The molecule has 18 heavy (non-hydrogen) atoms. The zero-order chi connectivity index (χ0) is 12.7. The first-order chi connectivity index (χ1) is 8.69. The van der Waals surface area contributed by atoms with Gasteiger partial charge in [0.05, 0.1) is 11.1 Å². The molecule has 2 N–H and O–H groups in total. The van der Waals surface area contributed by atoms with Crippen LogP contribution in [0.2, 0.25) is 5.02 Å². The summed E-state index contributed by atoms with van der Waals surface area (Å²) in [6.07, 6.45) is 0. The fourth-order valence-electron chi connectivity index (χ4n) is 2.60. The molecule has 1 fully saturated rings. The van der Waals surface area contributed by atoms with Crippen molar-refractivity contribution >= 4 is 23.2 Å². The normalized spacial score (nSPS) is 23.2. The van der Waals surface area contributed by atoms with E-state index in [1.54, 1.807) is 6.07 Å². The second kappa shape index (κ2) is 4.48. The van der Waals surface area contributed by atoms with Crippen LogP contribution in [-0.2, 0) is 0 Å². The monoisotopic (exact) mass is 268 g/mol. The fourth-order valence-corrected chi connectivity index (χ4v) is 2.74. The van der Waals surface area contributed by atoms with E-state index in [0.717, 1.165) is 37.7 Å². The van der Waals surface area contributed by atoms with E-state index >= 15 is 0 Å². The molecule has 1 aromatic rings. The first-order valence-corrected chi connectivity index (χ1v) is 6.64. The number of rotatable bonds is 1. The highest BCUT2D eigenvalue weighted by molar-refractivity contribution is 6.33. The van der Waals surface area contributed by atoms with Crippen LogP contribution in [0.1, 0.15) is 6.92 Å². The smallest absolute Gasteiger partial charge is 0.174 e. The second-order valence-electron chi connectivity index (χ2n) is 4.73. The molecular weight excluding hydrogens is 252 g/mol. The van der Waals surface area contributed by atoms with Gasteiger partial charge >= 0.3 is 0 Å². The minimum atomic E-state index is 0.360. The Morgan fingerprint density at radius 3 is 3.17 bits per heavy atom. The number of ether oxygens (including phenoxy) is 1. The Hall–Kier alpha value is -1.20. The molecule has 0 aromatic carbocycles. The Balaban J connectivity index is 1.92. The Bertz CT molecular complexity index is 468. The molecule has 1 aromatic heterocycles. The van der Waals surface area contributed by atoms with E-state index in [4.69, 9.17) is 22.1 Å². The molecule has 0 bridgehead atoms. The number of hydrogen-bond acceptors (Lipinski definition) is 5. The van der Waals surface area contributed by atoms with E-state index in [1.165, 1.54) is 0 Å². The van der Waals surface area contributed by atoms with E-state index in [2.05, 4.69) is 21.7 Å². The van der Waals surface area contributed by atoms with Gasteiger partial charge < -0.3 is 15.4 Å². The van der Waals surface area contributed by atoms with E-state index < -0.39 is 0 Å². The van der Waals surface area contributed by atoms with E-state index in [9.17, 15) is 0 Å². The SMILES string of the molecule is CCN1CCN2c3nc(N)c(Cl)cc3OC[C@H]2C1. The topological polar surface area (TPSA) is 54.6 Å². The summed E-state index contributed by atoms with van der Waals surface area (Å²) < 4.78 is 5.75. The first kappa shape index (κ1) is 11.9. The van der Waals surface area contributed by atoms with Gasteiger partial charge in [-0.05, 0) is 6.54 Å². The Labute approximate surface area is 111 Å². The van der Waals surface area contributed by atoms with Crippen molar-refractivity contribution in [3.63, 3.8) is 0 Å². The van der Waals surface area contributed by atoms with Crippen LogP contribution in [-0.4, -0.2) is 48.7 Å². The zero-order valence-corrected chi connectivity index (χ0v) is 11.2. The number of halogens is 1. The van der Waals surface area contributed by atoms with Crippen molar-refractivity contribution in [2.75, 3.05) is 43.4 Å². The molecule has 0 radical (unpaired) electrons. The molecule has 5 nitrogen and oxygen atoms in total. The van der Waals surface area contributed by atoms with Crippen molar-refractivity contribution in [3.8, 4) is 5.75 Å². The maximum atomic E-state index is 5.97. The van der Waals surface area contributed by atoms with Crippen LogP contribution in [0.4, 0.5) is 11.6 Å². The number of fused-ring (bicyclic) bond motifs is 3. The minimum Gasteiger partial charge on any atom is -0.487 e. The Kier molecular flexibility index (Phi) is 2.95. The number of nitrogens with zero attached hydrogens (tertiary/aromatic N) is 3. The van der Waals surface area contributed by atoms with E-state index in [1.807, 2.05) is 0 Å². The first-order valence-electron chi connectivity index (χ1n) is 6.27. The third kappa shape index (κ3) is 1.87. The van der Waals surface area contributed by atoms with Gasteiger partial charge in [0.1, 0.15) is 12.4 Å². The van der Waals surface area contributed by atoms with Crippen LogP contribution in [0, 0.1) is 0 Å². The summed E-state index contributed by atoms with van der Waals surface area (Å²) in [4.78, 5) is 9.09. The summed E-state index contributed by atoms with van der Waals surface area (Å²) in [5, 5.41) is 0.458. The molecule has 0 amide bonds. The highest BCUT2D eigenvalue weighted by Gasteiger charge is 2.33. The van der Waals surface area contributed by atoms with Gasteiger partial charge in [-0.15, -0.1) is 0 Å². The molecule has 0 aliphatic carbocycles. The van der Waals surface area contributed by atoms with Crippen molar-refractivity contribution in [1.29, 1.82) is 0 Å². The van der Waals surface area contributed by atoms with Crippen molar-refractivity contribution in [1.82, 2.24) is 9.88 Å². The maximum absolute atomic E-state index is 5.97. The lowest BCUT2D eigenvalue weighted by atomic mass is 10.1. The lowest BCUT2D eigenvalue weighted by Crippen LogP contribution is -2.57. The van der Waals surface area contributed by atoms with Gasteiger partial charge in [-0.2, -0.15) is 0 Å². The van der Waals surface area contributed by atoms with Gasteiger partial charge in [0.15, 0.2) is 11.6 Å². The summed E-state index contributed by atoms with van der Waals surface area (Å²) in [7, 11) is 0. The second-order valence-corrected chi connectivity index (χ2v) is 5.14. The number of aromatic nitrogens is 1. The summed E-state index contributed by atoms with van der Waals surface area (Å²) in [5.41, 5.74) is 5.78. The molecule has 2 aliphatic heterocycles. The molecule has 98 valence electrons. The number of pyridine rings is 1. The molecule has 3 heterocycles. The zero-order valence-electron chi connectivity index (χ0n) is 10.4. The molecule has 0 unspecified atom stereocenters. The predicted octanol–water partition coefficient (Wildman–Crippen LogP) is 1.22. The fraction of sp³-hybridized carbons (Fsp3) is 0.583. The average Bonchev–Trinajstić information content (AvgIpc) is 2.39. The maximum Gasteiger partial charge on any atom is 0.174 e. The van der Waals surface area contributed by atoms with Crippen molar-refractivity contribution in [2.24, 2.45) is 0 Å². The van der Waals surface area contributed by atoms with Gasteiger partial charge in [-0.1, -0.05) is 18.5 Å². The van der Waals surface area contributed by atoms with Gasteiger partial charge in [0.2, 0.25) is 0 Å². The number of piperazine rings is 1. The molecule has 0 spiro atoms. The summed E-state index contributed by atoms with van der Waals surface area (Å²) in [6, 6.07) is 2.13. The standard InChI is InChI=1S/C12H17ClN4O/c1-2-16-3-4-17-8(6-16)7-18-10-5-9(13)11(14)15-12(10)17/h5,8H,2-4,6-7H2,1H3,(H2,14,15)/t8-/m1/s1. The Morgan fingerprint density at radius 2 is 2.39 bits per heavy atom. The number of likely N-dealkylation sites (N-methyl/N-ethyl adjacent to an activating group) is 1. The van der Waals surface area contributed by atoms with Crippen LogP contribution < -0.4 is 15.4 Å². The molecule has 6 heteroatoms. The number of nitrogen functional groups attached to an aromatic ring is 1. The highest BCUT2D eigenvalue weighted by Crippen LogP contribution is 2.37.